The van der Waals surface area contributed by atoms with E-state index in [1.165, 1.54) is 0 Å². The fourth-order valence-corrected chi connectivity index (χ4v) is 3.03. The molecule has 2 heterocycles. The maximum absolute atomic E-state index is 13.0. The van der Waals surface area contributed by atoms with E-state index in [4.69, 9.17) is 21.4 Å². The van der Waals surface area contributed by atoms with Gasteiger partial charge in [0.1, 0.15) is 23.3 Å². The number of hydrogen-bond donors (Lipinski definition) is 3. The van der Waals surface area contributed by atoms with E-state index in [-0.39, 0.29) is 5.91 Å². The minimum Gasteiger partial charge on any atom is -0.495 e. The molecule has 1 atom stereocenters. The summed E-state index contributed by atoms with van der Waals surface area (Å²) in [5.41, 5.74) is 1.78. The van der Waals surface area contributed by atoms with Crippen molar-refractivity contribution in [3.8, 4) is 5.75 Å². The molecule has 0 saturated carbocycles. The van der Waals surface area contributed by atoms with E-state index in [2.05, 4.69) is 16.0 Å². The Hall–Kier alpha value is -2.80. The van der Waals surface area contributed by atoms with Crippen LogP contribution in [0.3, 0.4) is 0 Å². The number of benzene rings is 1. The van der Waals surface area contributed by atoms with E-state index < -0.39 is 6.04 Å². The normalized spacial score (nSPS) is 16.9. The minimum atomic E-state index is -0.461. The van der Waals surface area contributed by atoms with Crippen molar-refractivity contribution in [2.45, 2.75) is 19.9 Å². The van der Waals surface area contributed by atoms with E-state index in [9.17, 15) is 4.79 Å². The molecule has 0 spiro atoms. The molecule has 3 rings (SSSR count). The first kappa shape index (κ1) is 17.0. The van der Waals surface area contributed by atoms with Crippen molar-refractivity contribution in [1.29, 1.82) is 0 Å². The van der Waals surface area contributed by atoms with Gasteiger partial charge in [-0.3, -0.25) is 4.79 Å². The van der Waals surface area contributed by atoms with E-state index in [1.807, 2.05) is 38.1 Å². The molecule has 0 aliphatic carbocycles. The Bertz CT molecular complexity index is 857. The Morgan fingerprint density at radius 2 is 2.00 bits per heavy atom. The van der Waals surface area contributed by atoms with Gasteiger partial charge in [0.15, 0.2) is 5.11 Å². The van der Waals surface area contributed by atoms with Crippen LogP contribution in [0.2, 0.25) is 0 Å². The van der Waals surface area contributed by atoms with Crippen LogP contribution in [0.25, 0.3) is 0 Å². The quantitative estimate of drug-likeness (QED) is 0.731. The predicted molar refractivity (Wildman–Crippen MR) is 99.4 cm³/mol. The minimum absolute atomic E-state index is 0.261. The number of aryl methyl sites for hydroxylation is 1. The average Bonchev–Trinajstić information content (AvgIpc) is 3.01. The number of furan rings is 1. The number of methoxy groups -OCH3 is 1. The lowest BCUT2D eigenvalue weighted by atomic mass is 10.00. The second-order valence-corrected chi connectivity index (χ2v) is 6.08. The van der Waals surface area contributed by atoms with Crippen LogP contribution in [-0.4, -0.2) is 18.1 Å². The smallest absolute Gasteiger partial charge is 0.256 e. The topological polar surface area (TPSA) is 75.5 Å². The van der Waals surface area contributed by atoms with Gasteiger partial charge >= 0.3 is 0 Å². The van der Waals surface area contributed by atoms with Gasteiger partial charge in [0.2, 0.25) is 0 Å². The molecular formula is C18H19N3O3S. The maximum Gasteiger partial charge on any atom is 0.256 e. The summed E-state index contributed by atoms with van der Waals surface area (Å²) in [5, 5.41) is 9.44. The summed E-state index contributed by atoms with van der Waals surface area (Å²) in [6.45, 7) is 3.67. The van der Waals surface area contributed by atoms with E-state index in [1.54, 1.807) is 19.2 Å². The lowest BCUT2D eigenvalue weighted by Gasteiger charge is -2.29. The third kappa shape index (κ3) is 3.51. The number of carbonyl (C=O) groups is 1. The number of carbonyl (C=O) groups excluding carboxylic acids is 1. The van der Waals surface area contributed by atoms with E-state index in [0.717, 1.165) is 5.76 Å². The molecule has 1 aromatic carbocycles. The fraction of sp³-hybridized carbons (Fsp3) is 0.222. The van der Waals surface area contributed by atoms with E-state index >= 15 is 0 Å². The van der Waals surface area contributed by atoms with Crippen LogP contribution < -0.4 is 20.7 Å². The Balaban J connectivity index is 1.95. The Morgan fingerprint density at radius 1 is 1.24 bits per heavy atom. The van der Waals surface area contributed by atoms with Crippen LogP contribution in [-0.2, 0) is 4.79 Å². The summed E-state index contributed by atoms with van der Waals surface area (Å²) in [5.74, 6) is 1.73. The molecule has 130 valence electrons. The molecule has 1 amide bonds. The highest BCUT2D eigenvalue weighted by Gasteiger charge is 2.32. The summed E-state index contributed by atoms with van der Waals surface area (Å²) in [4.78, 5) is 13.0. The van der Waals surface area contributed by atoms with Gasteiger partial charge in [0.05, 0.1) is 18.4 Å². The van der Waals surface area contributed by atoms with Crippen molar-refractivity contribution in [2.75, 3.05) is 12.4 Å². The second kappa shape index (κ2) is 6.98. The fourth-order valence-electron chi connectivity index (χ4n) is 2.75. The maximum atomic E-state index is 13.0. The third-order valence-corrected chi connectivity index (χ3v) is 4.13. The second-order valence-electron chi connectivity index (χ2n) is 5.67. The van der Waals surface area contributed by atoms with Gasteiger partial charge in [-0.05, 0) is 50.3 Å². The molecular weight excluding hydrogens is 338 g/mol. The first-order chi connectivity index (χ1) is 12.0. The van der Waals surface area contributed by atoms with Gasteiger partial charge in [0, 0.05) is 5.70 Å². The number of hydrogen-bond acceptors (Lipinski definition) is 4. The molecule has 6 nitrogen and oxygen atoms in total. The molecule has 0 bridgehead atoms. The zero-order chi connectivity index (χ0) is 18.0. The standard InChI is InChI=1S/C18H19N3O3S/c1-10-8-9-14(24-10)16-15(11(2)19-18(25)21-16)17(22)20-12-6-4-5-7-13(12)23-3/h4-9,16H,1-3H3,(H,20,22)(H2,19,21,25). The highest BCUT2D eigenvalue weighted by molar-refractivity contribution is 7.80. The van der Waals surface area contributed by atoms with Crippen LogP contribution in [0.1, 0.15) is 24.5 Å². The Kier molecular flexibility index (Phi) is 4.76. The summed E-state index contributed by atoms with van der Waals surface area (Å²) in [6, 6.07) is 10.5. The SMILES string of the molecule is COc1ccccc1NC(=O)C1=C(C)NC(=S)NC1c1ccc(C)o1. The number of allylic oxidation sites excluding steroid dienone is 1. The highest BCUT2D eigenvalue weighted by atomic mass is 32.1. The van der Waals surface area contributed by atoms with E-state index in [0.29, 0.717) is 33.6 Å². The number of nitrogens with one attached hydrogen (secondary N) is 3. The number of rotatable bonds is 4. The van der Waals surface area contributed by atoms with Crippen molar-refractivity contribution < 1.29 is 13.9 Å². The van der Waals surface area contributed by atoms with Gasteiger partial charge < -0.3 is 25.1 Å². The molecule has 1 aliphatic heterocycles. The largest absolute Gasteiger partial charge is 0.495 e. The number of para-hydroxylation sites is 2. The summed E-state index contributed by atoms with van der Waals surface area (Å²) >= 11 is 5.23. The average molecular weight is 357 g/mol. The van der Waals surface area contributed by atoms with Crippen LogP contribution in [0, 0.1) is 6.92 Å². The van der Waals surface area contributed by atoms with Crippen LogP contribution >= 0.6 is 12.2 Å². The number of amides is 1. The monoisotopic (exact) mass is 357 g/mol. The summed E-state index contributed by atoms with van der Waals surface area (Å²) < 4.78 is 11.0. The predicted octanol–water partition coefficient (Wildman–Crippen LogP) is 3.03. The zero-order valence-corrected chi connectivity index (χ0v) is 15.0. The zero-order valence-electron chi connectivity index (χ0n) is 14.2. The van der Waals surface area contributed by atoms with Gasteiger partial charge in [-0.25, -0.2) is 0 Å². The van der Waals surface area contributed by atoms with Gasteiger partial charge in [-0.1, -0.05) is 12.1 Å². The van der Waals surface area contributed by atoms with Crippen LogP contribution in [0.15, 0.2) is 52.1 Å². The number of anilines is 1. The highest BCUT2D eigenvalue weighted by Crippen LogP contribution is 2.30. The first-order valence-corrected chi connectivity index (χ1v) is 8.19. The van der Waals surface area contributed by atoms with Crippen LogP contribution in [0.5, 0.6) is 5.75 Å². The van der Waals surface area contributed by atoms with Crippen molar-refractivity contribution >= 4 is 28.9 Å². The van der Waals surface area contributed by atoms with Gasteiger partial charge in [0.25, 0.3) is 5.91 Å². The van der Waals surface area contributed by atoms with Gasteiger partial charge in [-0.2, -0.15) is 0 Å². The molecule has 1 aromatic heterocycles. The number of ether oxygens (including phenoxy) is 1. The van der Waals surface area contributed by atoms with Crippen molar-refractivity contribution in [3.63, 3.8) is 0 Å². The lowest BCUT2D eigenvalue weighted by molar-refractivity contribution is -0.113. The van der Waals surface area contributed by atoms with Crippen LogP contribution in [0.4, 0.5) is 5.69 Å². The van der Waals surface area contributed by atoms with Crippen molar-refractivity contribution in [2.24, 2.45) is 0 Å². The number of thiocarbonyl (C=S) groups is 1. The molecule has 0 saturated heterocycles. The summed E-state index contributed by atoms with van der Waals surface area (Å²) in [7, 11) is 1.56. The molecule has 7 heteroatoms. The molecule has 25 heavy (non-hydrogen) atoms. The molecule has 1 unspecified atom stereocenters. The Morgan fingerprint density at radius 3 is 2.68 bits per heavy atom. The molecule has 0 radical (unpaired) electrons. The van der Waals surface area contributed by atoms with Gasteiger partial charge in [-0.15, -0.1) is 0 Å². The first-order valence-electron chi connectivity index (χ1n) is 7.78. The molecule has 1 aliphatic rings. The molecule has 2 aromatic rings. The van der Waals surface area contributed by atoms with Crippen molar-refractivity contribution in [3.05, 3.63) is 59.2 Å². The third-order valence-electron chi connectivity index (χ3n) is 3.91. The lowest BCUT2D eigenvalue weighted by Crippen LogP contribution is -2.45. The molecule has 3 N–H and O–H groups in total. The molecule has 0 fully saturated rings. The Labute approximate surface area is 151 Å². The summed E-state index contributed by atoms with van der Waals surface area (Å²) in [6.07, 6.45) is 0. The van der Waals surface area contributed by atoms with Crippen molar-refractivity contribution in [1.82, 2.24) is 10.6 Å².